The molecule has 5 heteroatoms. The lowest BCUT2D eigenvalue weighted by Gasteiger charge is -2.01. The van der Waals surface area contributed by atoms with Crippen molar-refractivity contribution in [3.63, 3.8) is 0 Å². The number of rotatable bonds is 2. The van der Waals surface area contributed by atoms with Crippen LogP contribution in [0.4, 0.5) is 0 Å². The van der Waals surface area contributed by atoms with Gasteiger partial charge in [-0.1, -0.05) is 17.7 Å². The van der Waals surface area contributed by atoms with Crippen molar-refractivity contribution in [2.75, 3.05) is 0 Å². The highest BCUT2D eigenvalue weighted by atomic mass is 35.5. The molecule has 0 bridgehead atoms. The molecular weight excluding hydrogens is 254 g/mol. The van der Waals surface area contributed by atoms with Crippen LogP contribution in [-0.4, -0.2) is 15.0 Å². The van der Waals surface area contributed by atoms with E-state index in [-0.39, 0.29) is 0 Å². The number of thiophene rings is 1. The minimum absolute atomic E-state index is 0.523. The fourth-order valence-electron chi connectivity index (χ4n) is 1.62. The Morgan fingerprint density at radius 2 is 2.18 bits per heavy atom. The monoisotopic (exact) mass is 261 g/mol. The quantitative estimate of drug-likeness (QED) is 0.664. The molecule has 0 aromatic carbocycles. The zero-order valence-electron chi connectivity index (χ0n) is 8.80. The average Bonchev–Trinajstić information content (AvgIpc) is 2.79. The summed E-state index contributed by atoms with van der Waals surface area (Å²) >= 11 is 7.68. The number of nitrogens with zero attached hydrogens (tertiary/aromatic N) is 3. The van der Waals surface area contributed by atoms with Gasteiger partial charge in [-0.3, -0.25) is 4.98 Å². The molecule has 3 rings (SSSR count). The van der Waals surface area contributed by atoms with E-state index in [2.05, 4.69) is 15.0 Å². The zero-order chi connectivity index (χ0) is 11.7. The lowest BCUT2D eigenvalue weighted by molar-refractivity contribution is 0.988. The van der Waals surface area contributed by atoms with E-state index in [4.69, 9.17) is 11.6 Å². The average molecular weight is 262 g/mol. The lowest BCUT2D eigenvalue weighted by Crippen LogP contribution is -1.97. The highest BCUT2D eigenvalue weighted by Gasteiger charge is 2.07. The van der Waals surface area contributed by atoms with Gasteiger partial charge in [0.15, 0.2) is 0 Å². The number of halogens is 1. The molecule has 0 unspecified atom stereocenters. The lowest BCUT2D eigenvalue weighted by atomic mass is 10.2. The fourth-order valence-corrected chi connectivity index (χ4v) is 2.71. The van der Waals surface area contributed by atoms with Gasteiger partial charge in [-0.05, 0) is 23.1 Å². The van der Waals surface area contributed by atoms with Crippen molar-refractivity contribution < 1.29 is 0 Å². The Balaban J connectivity index is 2.01. The van der Waals surface area contributed by atoms with E-state index < -0.39 is 0 Å². The summed E-state index contributed by atoms with van der Waals surface area (Å²) in [5, 5.41) is 3.42. The van der Waals surface area contributed by atoms with Crippen molar-refractivity contribution in [2.24, 2.45) is 0 Å². The van der Waals surface area contributed by atoms with Crippen molar-refractivity contribution in [3.8, 4) is 0 Å². The molecule has 84 valence electrons. The summed E-state index contributed by atoms with van der Waals surface area (Å²) in [7, 11) is 0. The molecule has 0 saturated heterocycles. The number of fused-ring (bicyclic) bond motifs is 1. The second-order valence-corrected chi connectivity index (χ2v) is 4.86. The molecule has 3 nitrogen and oxygen atoms in total. The van der Waals surface area contributed by atoms with Gasteiger partial charge in [0, 0.05) is 24.2 Å². The second-order valence-electron chi connectivity index (χ2n) is 3.61. The van der Waals surface area contributed by atoms with Gasteiger partial charge in [-0.15, -0.1) is 11.3 Å². The Morgan fingerprint density at radius 1 is 1.24 bits per heavy atom. The normalized spacial score (nSPS) is 10.9. The van der Waals surface area contributed by atoms with Gasteiger partial charge >= 0.3 is 0 Å². The Bertz CT molecular complexity index is 651. The minimum Gasteiger partial charge on any atom is -0.264 e. The van der Waals surface area contributed by atoms with Gasteiger partial charge < -0.3 is 0 Å². The molecular formula is C12H8ClN3S. The largest absolute Gasteiger partial charge is 0.264 e. The topological polar surface area (TPSA) is 38.7 Å². The summed E-state index contributed by atoms with van der Waals surface area (Å²) in [6.45, 7) is 0. The van der Waals surface area contributed by atoms with Crippen molar-refractivity contribution in [1.82, 2.24) is 15.0 Å². The first-order chi connectivity index (χ1) is 8.33. The van der Waals surface area contributed by atoms with Crippen LogP contribution in [0.2, 0.25) is 5.15 Å². The van der Waals surface area contributed by atoms with Gasteiger partial charge in [-0.25, -0.2) is 9.97 Å². The third-order valence-electron chi connectivity index (χ3n) is 2.41. The maximum atomic E-state index is 6.11. The highest BCUT2D eigenvalue weighted by molar-refractivity contribution is 7.16. The Kier molecular flexibility index (Phi) is 2.74. The van der Waals surface area contributed by atoms with Crippen LogP contribution in [-0.2, 0) is 6.42 Å². The summed E-state index contributed by atoms with van der Waals surface area (Å²) in [5.41, 5.74) is 1.08. The van der Waals surface area contributed by atoms with Gasteiger partial charge in [0.25, 0.3) is 0 Å². The van der Waals surface area contributed by atoms with Gasteiger partial charge in [0.1, 0.15) is 15.8 Å². The number of hydrogen-bond donors (Lipinski definition) is 0. The maximum absolute atomic E-state index is 6.11. The SMILES string of the molecule is Clc1nc(Cc2cccnc2)nc2sccc12. The van der Waals surface area contributed by atoms with Crippen molar-refractivity contribution in [3.05, 3.63) is 52.5 Å². The van der Waals surface area contributed by atoms with Crippen molar-refractivity contribution in [2.45, 2.75) is 6.42 Å². The summed E-state index contributed by atoms with van der Waals surface area (Å²) < 4.78 is 0. The smallest absolute Gasteiger partial charge is 0.141 e. The van der Waals surface area contributed by atoms with E-state index in [0.29, 0.717) is 11.6 Å². The molecule has 0 saturated carbocycles. The number of hydrogen-bond acceptors (Lipinski definition) is 4. The van der Waals surface area contributed by atoms with Gasteiger partial charge in [0.2, 0.25) is 0 Å². The van der Waals surface area contributed by atoms with E-state index in [1.165, 1.54) is 0 Å². The molecule has 0 atom stereocenters. The highest BCUT2D eigenvalue weighted by Crippen LogP contribution is 2.25. The summed E-state index contributed by atoms with van der Waals surface area (Å²) in [4.78, 5) is 13.8. The molecule has 0 N–H and O–H groups in total. The first kappa shape index (κ1) is 10.6. The Hall–Kier alpha value is -1.52. The number of aromatic nitrogens is 3. The molecule has 3 heterocycles. The minimum atomic E-state index is 0.523. The van der Waals surface area contributed by atoms with Crippen LogP contribution >= 0.6 is 22.9 Å². The third kappa shape index (κ3) is 2.14. The van der Waals surface area contributed by atoms with Crippen LogP contribution < -0.4 is 0 Å². The summed E-state index contributed by atoms with van der Waals surface area (Å²) in [6.07, 6.45) is 4.22. The molecule has 0 amide bonds. The van der Waals surface area contributed by atoms with Gasteiger partial charge in [-0.2, -0.15) is 0 Å². The standard InChI is InChI=1S/C12H8ClN3S/c13-11-9-3-5-17-12(9)16-10(15-11)6-8-2-1-4-14-7-8/h1-5,7H,6H2. The Labute approximate surface area is 107 Å². The molecule has 3 aromatic rings. The van der Waals surface area contributed by atoms with E-state index in [0.717, 1.165) is 21.6 Å². The first-order valence-electron chi connectivity index (χ1n) is 5.11. The fraction of sp³-hybridized carbons (Fsp3) is 0.0833. The van der Waals surface area contributed by atoms with Crippen LogP contribution in [0.15, 0.2) is 36.0 Å². The molecule has 0 radical (unpaired) electrons. The molecule has 3 aromatic heterocycles. The second kappa shape index (κ2) is 4.39. The van der Waals surface area contributed by atoms with Gasteiger partial charge in [0.05, 0.1) is 0 Å². The van der Waals surface area contributed by atoms with E-state index in [1.807, 2.05) is 29.8 Å². The van der Waals surface area contributed by atoms with Crippen molar-refractivity contribution in [1.29, 1.82) is 0 Å². The molecule has 17 heavy (non-hydrogen) atoms. The molecule has 0 aliphatic rings. The van der Waals surface area contributed by atoms with E-state index in [1.54, 1.807) is 17.5 Å². The van der Waals surface area contributed by atoms with Crippen LogP contribution in [0.3, 0.4) is 0 Å². The van der Waals surface area contributed by atoms with E-state index in [9.17, 15) is 0 Å². The van der Waals surface area contributed by atoms with E-state index >= 15 is 0 Å². The summed E-state index contributed by atoms with van der Waals surface area (Å²) in [5.74, 6) is 0.734. The van der Waals surface area contributed by atoms with Crippen LogP contribution in [0.5, 0.6) is 0 Å². The molecule has 0 fully saturated rings. The summed E-state index contributed by atoms with van der Waals surface area (Å²) in [6, 6.07) is 5.85. The Morgan fingerprint density at radius 3 is 3.00 bits per heavy atom. The van der Waals surface area contributed by atoms with Crippen molar-refractivity contribution >= 4 is 33.2 Å². The van der Waals surface area contributed by atoms with Crippen LogP contribution in [0.25, 0.3) is 10.2 Å². The number of pyridine rings is 1. The predicted octanol–water partition coefficient (Wildman–Crippen LogP) is 3.33. The molecule has 0 aliphatic carbocycles. The zero-order valence-corrected chi connectivity index (χ0v) is 10.4. The first-order valence-corrected chi connectivity index (χ1v) is 6.37. The van der Waals surface area contributed by atoms with Crippen LogP contribution in [0.1, 0.15) is 11.4 Å². The molecule has 0 aliphatic heterocycles. The molecule has 0 spiro atoms. The third-order valence-corrected chi connectivity index (χ3v) is 3.50. The maximum Gasteiger partial charge on any atom is 0.141 e. The predicted molar refractivity (Wildman–Crippen MR) is 69.5 cm³/mol. The van der Waals surface area contributed by atoms with Crippen LogP contribution in [0, 0.1) is 0 Å².